The van der Waals surface area contributed by atoms with Gasteiger partial charge in [0.25, 0.3) is 0 Å². The Bertz CT molecular complexity index is 1090. The molecule has 1 fully saturated rings. The lowest BCUT2D eigenvalue weighted by Crippen LogP contribution is -2.47. The van der Waals surface area contributed by atoms with Gasteiger partial charge >= 0.3 is 0 Å². The van der Waals surface area contributed by atoms with Crippen molar-refractivity contribution in [3.63, 3.8) is 0 Å². The summed E-state index contributed by atoms with van der Waals surface area (Å²) >= 11 is 1.74. The molecule has 1 aliphatic heterocycles. The average molecular weight is 426 g/mol. The number of piperidine rings is 1. The molecule has 3 nitrogen and oxygen atoms in total. The Labute approximate surface area is 188 Å². The Morgan fingerprint density at radius 2 is 1.55 bits per heavy atom. The smallest absolute Gasteiger partial charge is 0.0820 e. The number of nitrogens with one attached hydrogen (secondary N) is 1. The maximum Gasteiger partial charge on any atom is 0.0820 e. The van der Waals surface area contributed by atoms with Crippen LogP contribution in [0.2, 0.25) is 0 Å². The van der Waals surface area contributed by atoms with E-state index in [1.54, 1.807) is 11.3 Å². The molecule has 3 heterocycles. The van der Waals surface area contributed by atoms with E-state index >= 15 is 0 Å². The lowest BCUT2D eigenvalue weighted by Gasteiger charge is -2.43. The van der Waals surface area contributed by atoms with Crippen molar-refractivity contribution in [2.45, 2.75) is 24.9 Å². The summed E-state index contributed by atoms with van der Waals surface area (Å²) in [5.41, 5.74) is 4.57. The van der Waals surface area contributed by atoms with Crippen LogP contribution in [-0.4, -0.2) is 23.0 Å². The summed E-state index contributed by atoms with van der Waals surface area (Å²) in [6.07, 6.45) is 2.05. The fourth-order valence-electron chi connectivity index (χ4n) is 4.44. The van der Waals surface area contributed by atoms with Gasteiger partial charge in [-0.1, -0.05) is 60.7 Å². The minimum atomic E-state index is -0.165. The van der Waals surface area contributed by atoms with Crippen LogP contribution in [0.15, 0.2) is 96.4 Å². The molecule has 1 saturated heterocycles. The van der Waals surface area contributed by atoms with Gasteiger partial charge in [0.1, 0.15) is 0 Å². The summed E-state index contributed by atoms with van der Waals surface area (Å²) in [6, 6.07) is 32.0. The number of benzene rings is 2. The number of nitrogens with zero attached hydrogens (tertiary/aromatic N) is 2. The van der Waals surface area contributed by atoms with E-state index in [-0.39, 0.29) is 5.54 Å². The third kappa shape index (κ3) is 4.55. The molecule has 0 aliphatic carbocycles. The van der Waals surface area contributed by atoms with Gasteiger partial charge in [0, 0.05) is 25.3 Å². The first-order valence-corrected chi connectivity index (χ1v) is 11.8. The molecule has 0 unspecified atom stereocenters. The predicted octanol–water partition coefficient (Wildman–Crippen LogP) is 6.41. The van der Waals surface area contributed by atoms with Gasteiger partial charge < -0.3 is 5.32 Å². The summed E-state index contributed by atoms with van der Waals surface area (Å²) in [4.78, 5) is 8.93. The molecule has 156 valence electrons. The number of aromatic nitrogens is 1. The molecule has 0 atom stereocenters. The predicted molar refractivity (Wildman–Crippen MR) is 130 cm³/mol. The van der Waals surface area contributed by atoms with Crippen LogP contribution in [0.1, 0.15) is 24.1 Å². The Kier molecular flexibility index (Phi) is 5.83. The van der Waals surface area contributed by atoms with Gasteiger partial charge in [-0.2, -0.15) is 0 Å². The van der Waals surface area contributed by atoms with Gasteiger partial charge in [-0.15, -0.1) is 11.3 Å². The molecule has 2 aromatic heterocycles. The molecule has 0 bridgehead atoms. The fraction of sp³-hybridized carbons (Fsp3) is 0.222. The van der Waals surface area contributed by atoms with Crippen molar-refractivity contribution in [1.29, 1.82) is 0 Å². The SMILES string of the molecule is c1ccc(CN2CCC(Nc3ccccc3)(c3cccc(-c4cccs4)n3)CC2)cc1. The van der Waals surface area contributed by atoms with E-state index in [0.717, 1.165) is 49.6 Å². The minimum Gasteiger partial charge on any atom is -0.374 e. The van der Waals surface area contributed by atoms with E-state index in [0.29, 0.717) is 0 Å². The minimum absolute atomic E-state index is 0.165. The number of hydrogen-bond acceptors (Lipinski definition) is 4. The normalized spacial score (nSPS) is 16.1. The molecular formula is C27H27N3S. The van der Waals surface area contributed by atoms with Gasteiger partial charge in [-0.05, 0) is 54.1 Å². The molecular weight excluding hydrogens is 398 g/mol. The highest BCUT2D eigenvalue weighted by molar-refractivity contribution is 7.13. The van der Waals surface area contributed by atoms with Gasteiger partial charge in [0.15, 0.2) is 0 Å². The summed E-state index contributed by atoms with van der Waals surface area (Å²) < 4.78 is 0. The van der Waals surface area contributed by atoms with E-state index in [9.17, 15) is 0 Å². The molecule has 2 aromatic carbocycles. The third-order valence-electron chi connectivity index (χ3n) is 6.13. The Morgan fingerprint density at radius 3 is 2.26 bits per heavy atom. The highest BCUT2D eigenvalue weighted by Crippen LogP contribution is 2.37. The number of para-hydroxylation sites is 1. The largest absolute Gasteiger partial charge is 0.374 e. The van der Waals surface area contributed by atoms with Crippen molar-refractivity contribution in [3.8, 4) is 10.6 Å². The van der Waals surface area contributed by atoms with Crippen molar-refractivity contribution in [2.75, 3.05) is 18.4 Å². The second kappa shape index (κ2) is 9.04. The zero-order chi connectivity index (χ0) is 20.9. The van der Waals surface area contributed by atoms with Crippen molar-refractivity contribution >= 4 is 17.0 Å². The Morgan fingerprint density at radius 1 is 0.806 bits per heavy atom. The lowest BCUT2D eigenvalue weighted by atomic mass is 9.83. The first-order valence-electron chi connectivity index (χ1n) is 10.9. The van der Waals surface area contributed by atoms with Crippen LogP contribution < -0.4 is 5.32 Å². The number of thiophene rings is 1. The first-order chi connectivity index (χ1) is 15.3. The third-order valence-corrected chi connectivity index (χ3v) is 7.02. The van der Waals surface area contributed by atoms with E-state index in [1.165, 1.54) is 10.4 Å². The zero-order valence-electron chi connectivity index (χ0n) is 17.6. The topological polar surface area (TPSA) is 28.2 Å². The second-order valence-corrected chi connectivity index (χ2v) is 9.17. The summed E-state index contributed by atoms with van der Waals surface area (Å²) in [6.45, 7) is 3.09. The van der Waals surface area contributed by atoms with Crippen LogP contribution in [0.25, 0.3) is 10.6 Å². The van der Waals surface area contributed by atoms with Crippen molar-refractivity contribution < 1.29 is 0 Å². The summed E-state index contributed by atoms with van der Waals surface area (Å²) in [5, 5.41) is 6.00. The molecule has 4 aromatic rings. The number of pyridine rings is 1. The molecule has 5 rings (SSSR count). The fourth-order valence-corrected chi connectivity index (χ4v) is 5.14. The highest BCUT2D eigenvalue weighted by atomic mass is 32.1. The molecule has 0 saturated carbocycles. The van der Waals surface area contributed by atoms with Crippen molar-refractivity contribution in [3.05, 3.63) is 108 Å². The molecule has 1 N–H and O–H groups in total. The van der Waals surface area contributed by atoms with Gasteiger partial charge in [0.05, 0.1) is 21.8 Å². The maximum atomic E-state index is 5.15. The van der Waals surface area contributed by atoms with Crippen LogP contribution in [0.5, 0.6) is 0 Å². The van der Waals surface area contributed by atoms with Gasteiger partial charge in [0.2, 0.25) is 0 Å². The zero-order valence-corrected chi connectivity index (χ0v) is 18.4. The number of anilines is 1. The highest BCUT2D eigenvalue weighted by Gasteiger charge is 2.37. The number of likely N-dealkylation sites (tertiary alicyclic amines) is 1. The van der Waals surface area contributed by atoms with E-state index in [2.05, 4.69) is 107 Å². The van der Waals surface area contributed by atoms with E-state index in [1.807, 2.05) is 0 Å². The van der Waals surface area contributed by atoms with Crippen LogP contribution in [-0.2, 0) is 12.1 Å². The van der Waals surface area contributed by atoms with Crippen molar-refractivity contribution in [2.24, 2.45) is 0 Å². The molecule has 4 heteroatoms. The average Bonchev–Trinajstić information content (AvgIpc) is 3.37. The quantitative estimate of drug-likeness (QED) is 0.387. The standard InChI is InChI=1S/C27H27N3S/c1-3-9-22(10-4-1)21-30-18-16-27(17-19-30,29-23-11-5-2-6-12-23)26-15-7-13-24(28-26)25-14-8-20-31-25/h1-15,20,29H,16-19,21H2. The van der Waals surface area contributed by atoms with Crippen LogP contribution in [0.3, 0.4) is 0 Å². The molecule has 0 radical (unpaired) electrons. The lowest BCUT2D eigenvalue weighted by molar-refractivity contribution is 0.164. The van der Waals surface area contributed by atoms with E-state index in [4.69, 9.17) is 4.98 Å². The molecule has 31 heavy (non-hydrogen) atoms. The second-order valence-electron chi connectivity index (χ2n) is 8.22. The monoisotopic (exact) mass is 425 g/mol. The van der Waals surface area contributed by atoms with E-state index < -0.39 is 0 Å². The van der Waals surface area contributed by atoms with Crippen LogP contribution in [0.4, 0.5) is 5.69 Å². The Hall–Kier alpha value is -2.95. The number of hydrogen-bond donors (Lipinski definition) is 1. The maximum absolute atomic E-state index is 5.15. The van der Waals surface area contributed by atoms with Crippen LogP contribution >= 0.6 is 11.3 Å². The Balaban J connectivity index is 1.42. The molecule has 1 aliphatic rings. The van der Waals surface area contributed by atoms with Crippen LogP contribution in [0, 0.1) is 0 Å². The van der Waals surface area contributed by atoms with Gasteiger partial charge in [-0.3, -0.25) is 4.90 Å². The molecule has 0 amide bonds. The number of rotatable bonds is 6. The first kappa shape index (κ1) is 20.0. The summed E-state index contributed by atoms with van der Waals surface area (Å²) in [7, 11) is 0. The molecule has 0 spiro atoms. The summed E-state index contributed by atoms with van der Waals surface area (Å²) in [5.74, 6) is 0. The van der Waals surface area contributed by atoms with Gasteiger partial charge in [-0.25, -0.2) is 4.98 Å². The van der Waals surface area contributed by atoms with Crippen molar-refractivity contribution in [1.82, 2.24) is 9.88 Å².